The fraction of sp³-hybridized carbons (Fsp3) is 0.182. The van der Waals surface area contributed by atoms with Gasteiger partial charge in [0.2, 0.25) is 0 Å². The van der Waals surface area contributed by atoms with Crippen LogP contribution < -0.4 is 0 Å². The van der Waals surface area contributed by atoms with Gasteiger partial charge >= 0.3 is 0 Å². The lowest BCUT2D eigenvalue weighted by Crippen LogP contribution is -1.84. The molecule has 2 heteroatoms. The van der Waals surface area contributed by atoms with Gasteiger partial charge in [0.1, 0.15) is 0 Å². The molecule has 0 atom stereocenters. The molecule has 66 valence electrons. The number of hydrogen-bond acceptors (Lipinski definition) is 2. The van der Waals surface area contributed by atoms with Crippen LogP contribution in [-0.4, -0.2) is 4.98 Å². The second-order valence-corrected chi connectivity index (χ2v) is 3.45. The maximum atomic E-state index is 4.43. The summed E-state index contributed by atoms with van der Waals surface area (Å²) in [5.41, 5.74) is 3.36. The number of nitrogens with zero attached hydrogens (tertiary/aromatic N) is 1. The minimum atomic E-state index is 0.782. The van der Waals surface area contributed by atoms with Crippen molar-refractivity contribution in [3.05, 3.63) is 41.6 Å². The standard InChI is InChI=1S/C11H11NS/c1-8-2-4-10-6-9(7-13)3-5-11(10)12-8/h2-6,13H,7H2,1H3. The molecule has 0 N–H and O–H groups in total. The summed E-state index contributed by atoms with van der Waals surface area (Å²) in [7, 11) is 0. The van der Waals surface area contributed by atoms with Crippen LogP contribution in [0.15, 0.2) is 30.3 Å². The number of fused-ring (bicyclic) bond motifs is 1. The van der Waals surface area contributed by atoms with E-state index in [0.717, 1.165) is 17.0 Å². The van der Waals surface area contributed by atoms with Crippen LogP contribution in [0.1, 0.15) is 11.3 Å². The highest BCUT2D eigenvalue weighted by atomic mass is 32.1. The summed E-state index contributed by atoms with van der Waals surface area (Å²) in [6.45, 7) is 2.01. The second-order valence-electron chi connectivity index (χ2n) is 3.14. The molecule has 0 aliphatic heterocycles. The molecule has 0 amide bonds. The van der Waals surface area contributed by atoms with E-state index in [1.165, 1.54) is 10.9 Å². The van der Waals surface area contributed by atoms with E-state index in [1.807, 2.05) is 19.1 Å². The summed E-state index contributed by atoms with van der Waals surface area (Å²) in [5.74, 6) is 0.782. The number of aromatic nitrogens is 1. The normalized spacial score (nSPS) is 10.6. The minimum Gasteiger partial charge on any atom is -0.253 e. The predicted molar refractivity (Wildman–Crippen MR) is 59.2 cm³/mol. The molecule has 0 spiro atoms. The van der Waals surface area contributed by atoms with Gasteiger partial charge in [0.25, 0.3) is 0 Å². The van der Waals surface area contributed by atoms with Gasteiger partial charge in [0, 0.05) is 16.8 Å². The highest BCUT2D eigenvalue weighted by molar-refractivity contribution is 7.79. The maximum Gasteiger partial charge on any atom is 0.0705 e. The van der Waals surface area contributed by atoms with Crippen molar-refractivity contribution in [1.82, 2.24) is 4.98 Å². The smallest absolute Gasteiger partial charge is 0.0705 e. The summed E-state index contributed by atoms with van der Waals surface area (Å²) < 4.78 is 0. The fourth-order valence-electron chi connectivity index (χ4n) is 1.38. The van der Waals surface area contributed by atoms with Gasteiger partial charge in [-0.25, -0.2) is 0 Å². The Kier molecular flexibility index (Phi) is 2.23. The molecule has 13 heavy (non-hydrogen) atoms. The Morgan fingerprint density at radius 1 is 1.23 bits per heavy atom. The largest absolute Gasteiger partial charge is 0.253 e. The monoisotopic (exact) mass is 189 g/mol. The zero-order valence-electron chi connectivity index (χ0n) is 7.49. The molecule has 0 fully saturated rings. The first-order valence-corrected chi connectivity index (χ1v) is 4.90. The minimum absolute atomic E-state index is 0.782. The van der Waals surface area contributed by atoms with Gasteiger partial charge in [-0.1, -0.05) is 12.1 Å². The van der Waals surface area contributed by atoms with E-state index in [4.69, 9.17) is 0 Å². The summed E-state index contributed by atoms with van der Waals surface area (Å²) in [6.07, 6.45) is 0. The molecule has 0 aliphatic carbocycles. The van der Waals surface area contributed by atoms with Crippen LogP contribution in [0, 0.1) is 6.92 Å². The van der Waals surface area contributed by atoms with Gasteiger partial charge in [0.15, 0.2) is 0 Å². The molecular formula is C11H11NS. The molecule has 0 aliphatic rings. The third-order valence-electron chi connectivity index (χ3n) is 2.08. The highest BCUT2D eigenvalue weighted by Crippen LogP contribution is 2.15. The first kappa shape index (κ1) is 8.57. The lowest BCUT2D eigenvalue weighted by Gasteiger charge is -2.00. The molecule has 0 bridgehead atoms. The Bertz CT molecular complexity index is 437. The fourth-order valence-corrected chi connectivity index (χ4v) is 1.57. The molecule has 1 aromatic heterocycles. The van der Waals surface area contributed by atoms with Crippen molar-refractivity contribution in [2.45, 2.75) is 12.7 Å². The van der Waals surface area contributed by atoms with E-state index in [-0.39, 0.29) is 0 Å². The van der Waals surface area contributed by atoms with E-state index in [2.05, 4.69) is 35.8 Å². The first-order chi connectivity index (χ1) is 6.29. The third-order valence-corrected chi connectivity index (χ3v) is 2.44. The molecule has 0 unspecified atom stereocenters. The van der Waals surface area contributed by atoms with Gasteiger partial charge in [0.05, 0.1) is 5.52 Å². The van der Waals surface area contributed by atoms with Gasteiger partial charge < -0.3 is 0 Å². The summed E-state index contributed by atoms with van der Waals surface area (Å²) in [6, 6.07) is 10.4. The number of rotatable bonds is 1. The molecule has 1 nitrogen and oxygen atoms in total. The van der Waals surface area contributed by atoms with Crippen molar-refractivity contribution in [3.8, 4) is 0 Å². The van der Waals surface area contributed by atoms with Crippen molar-refractivity contribution < 1.29 is 0 Å². The summed E-state index contributed by atoms with van der Waals surface area (Å²) >= 11 is 4.24. The topological polar surface area (TPSA) is 12.9 Å². The Balaban J connectivity index is 2.66. The van der Waals surface area contributed by atoms with E-state index in [1.54, 1.807) is 0 Å². The first-order valence-electron chi connectivity index (χ1n) is 4.27. The lowest BCUT2D eigenvalue weighted by molar-refractivity contribution is 1.25. The van der Waals surface area contributed by atoms with Crippen LogP contribution >= 0.6 is 12.6 Å². The molecule has 1 heterocycles. The van der Waals surface area contributed by atoms with E-state index in [9.17, 15) is 0 Å². The van der Waals surface area contributed by atoms with Crippen LogP contribution in [0.4, 0.5) is 0 Å². The Morgan fingerprint density at radius 3 is 2.85 bits per heavy atom. The van der Waals surface area contributed by atoms with Crippen LogP contribution in [0.3, 0.4) is 0 Å². The highest BCUT2D eigenvalue weighted by Gasteiger charge is 1.96. The van der Waals surface area contributed by atoms with Crippen LogP contribution in [0.5, 0.6) is 0 Å². The molecule has 2 aromatic rings. The van der Waals surface area contributed by atoms with Crippen molar-refractivity contribution in [2.75, 3.05) is 0 Å². The number of hydrogen-bond donors (Lipinski definition) is 1. The number of thiol groups is 1. The Morgan fingerprint density at radius 2 is 2.08 bits per heavy atom. The van der Waals surface area contributed by atoms with Gasteiger partial charge in [-0.2, -0.15) is 12.6 Å². The van der Waals surface area contributed by atoms with E-state index in [0.29, 0.717) is 0 Å². The second kappa shape index (κ2) is 3.38. The van der Waals surface area contributed by atoms with Gasteiger partial charge in [-0.05, 0) is 30.7 Å². The molecule has 0 saturated carbocycles. The van der Waals surface area contributed by atoms with Crippen molar-refractivity contribution in [3.63, 3.8) is 0 Å². The van der Waals surface area contributed by atoms with E-state index >= 15 is 0 Å². The SMILES string of the molecule is Cc1ccc2cc(CS)ccc2n1. The third kappa shape index (κ3) is 1.68. The van der Waals surface area contributed by atoms with Crippen LogP contribution in [0.2, 0.25) is 0 Å². The van der Waals surface area contributed by atoms with Crippen LogP contribution in [-0.2, 0) is 5.75 Å². The molecule has 2 rings (SSSR count). The van der Waals surface area contributed by atoms with Crippen molar-refractivity contribution >= 4 is 23.5 Å². The molecule has 0 radical (unpaired) electrons. The lowest BCUT2D eigenvalue weighted by atomic mass is 10.1. The molecule has 0 saturated heterocycles. The summed E-state index contributed by atoms with van der Waals surface area (Å²) in [5, 5.41) is 1.19. The zero-order chi connectivity index (χ0) is 9.26. The quantitative estimate of drug-likeness (QED) is 0.680. The van der Waals surface area contributed by atoms with E-state index < -0.39 is 0 Å². The van der Waals surface area contributed by atoms with Gasteiger partial charge in [-0.3, -0.25) is 4.98 Å². The van der Waals surface area contributed by atoms with Crippen LogP contribution in [0.25, 0.3) is 10.9 Å². The zero-order valence-corrected chi connectivity index (χ0v) is 8.38. The Hall–Kier alpha value is -1.02. The molecule has 1 aromatic carbocycles. The number of pyridine rings is 1. The average molecular weight is 189 g/mol. The Labute approximate surface area is 83.2 Å². The predicted octanol–water partition coefficient (Wildman–Crippen LogP) is 2.97. The number of benzene rings is 1. The van der Waals surface area contributed by atoms with Crippen molar-refractivity contribution in [1.29, 1.82) is 0 Å². The average Bonchev–Trinajstić information content (AvgIpc) is 2.17. The maximum absolute atomic E-state index is 4.43. The number of aryl methyl sites for hydroxylation is 1. The molecular weight excluding hydrogens is 178 g/mol. The summed E-state index contributed by atoms with van der Waals surface area (Å²) in [4.78, 5) is 4.43. The van der Waals surface area contributed by atoms with Crippen molar-refractivity contribution in [2.24, 2.45) is 0 Å². The van der Waals surface area contributed by atoms with Gasteiger partial charge in [-0.15, -0.1) is 0 Å².